The molecular formula is C19H22BrNO5. The summed E-state index contributed by atoms with van der Waals surface area (Å²) in [6.45, 7) is 1.97. The molecule has 2 aromatic rings. The first-order valence-electron chi connectivity index (χ1n) is 7.98. The Balaban J connectivity index is 2.03. The molecule has 0 bridgehead atoms. The van der Waals surface area contributed by atoms with Gasteiger partial charge in [0.1, 0.15) is 5.75 Å². The third-order valence-electron chi connectivity index (χ3n) is 3.73. The van der Waals surface area contributed by atoms with Gasteiger partial charge in [0.25, 0.3) is 5.91 Å². The molecule has 6 nitrogen and oxygen atoms in total. The van der Waals surface area contributed by atoms with Crippen LogP contribution in [0.1, 0.15) is 12.5 Å². The number of methoxy groups -OCH3 is 3. The molecule has 1 atom stereocenters. The van der Waals surface area contributed by atoms with E-state index in [1.807, 2.05) is 18.2 Å². The van der Waals surface area contributed by atoms with Gasteiger partial charge < -0.3 is 24.3 Å². The lowest BCUT2D eigenvalue weighted by molar-refractivity contribution is -0.127. The van der Waals surface area contributed by atoms with Gasteiger partial charge in [-0.2, -0.15) is 0 Å². The molecule has 2 aromatic carbocycles. The summed E-state index contributed by atoms with van der Waals surface area (Å²) < 4.78 is 22.6. The van der Waals surface area contributed by atoms with Gasteiger partial charge >= 0.3 is 0 Å². The van der Waals surface area contributed by atoms with E-state index in [2.05, 4.69) is 21.2 Å². The summed E-state index contributed by atoms with van der Waals surface area (Å²) in [4.78, 5) is 12.3. The zero-order valence-corrected chi connectivity index (χ0v) is 16.8. The lowest BCUT2D eigenvalue weighted by Crippen LogP contribution is -2.36. The number of hydrogen-bond donors (Lipinski definition) is 1. The van der Waals surface area contributed by atoms with Gasteiger partial charge in [-0.05, 0) is 43.3 Å². The highest BCUT2D eigenvalue weighted by molar-refractivity contribution is 9.10. The molecule has 0 aliphatic carbocycles. The fourth-order valence-corrected chi connectivity index (χ4v) is 2.66. The highest BCUT2D eigenvalue weighted by Gasteiger charge is 2.18. The average molecular weight is 424 g/mol. The van der Waals surface area contributed by atoms with Crippen LogP contribution in [0.4, 0.5) is 0 Å². The maximum Gasteiger partial charge on any atom is 0.261 e. The second kappa shape index (κ2) is 9.33. The van der Waals surface area contributed by atoms with Crippen molar-refractivity contribution in [3.63, 3.8) is 0 Å². The van der Waals surface area contributed by atoms with Crippen LogP contribution < -0.4 is 24.3 Å². The fourth-order valence-electron chi connectivity index (χ4n) is 2.40. The standard InChI is InChI=1S/C19H22BrNO5/c1-12(26-15-8-6-14(20)7-9-15)19(22)21-11-13-5-10-16(23-2)18(25-4)17(13)24-3/h5-10,12H,11H2,1-4H3,(H,21,22). The number of carbonyl (C=O) groups excluding carboxylic acids is 1. The fraction of sp³-hybridized carbons (Fsp3) is 0.316. The zero-order valence-electron chi connectivity index (χ0n) is 15.2. The summed E-state index contributed by atoms with van der Waals surface area (Å²) in [7, 11) is 4.64. The Morgan fingerprint density at radius 2 is 1.65 bits per heavy atom. The van der Waals surface area contributed by atoms with Gasteiger partial charge in [-0.3, -0.25) is 4.79 Å². The smallest absolute Gasteiger partial charge is 0.261 e. The Hall–Kier alpha value is -2.41. The molecule has 1 N–H and O–H groups in total. The third-order valence-corrected chi connectivity index (χ3v) is 4.26. The van der Waals surface area contributed by atoms with E-state index >= 15 is 0 Å². The molecule has 0 aliphatic rings. The van der Waals surface area contributed by atoms with Gasteiger partial charge in [0.2, 0.25) is 5.75 Å². The summed E-state index contributed by atoms with van der Waals surface area (Å²) >= 11 is 3.36. The van der Waals surface area contributed by atoms with E-state index in [9.17, 15) is 4.79 Å². The van der Waals surface area contributed by atoms with Gasteiger partial charge in [0, 0.05) is 16.6 Å². The van der Waals surface area contributed by atoms with Crippen LogP contribution in [0.25, 0.3) is 0 Å². The molecule has 1 unspecified atom stereocenters. The van der Waals surface area contributed by atoms with E-state index in [1.54, 1.807) is 39.3 Å². The summed E-state index contributed by atoms with van der Waals surface area (Å²) in [5, 5.41) is 2.84. The van der Waals surface area contributed by atoms with Crippen molar-refractivity contribution in [1.82, 2.24) is 5.32 Å². The van der Waals surface area contributed by atoms with Crippen LogP contribution in [0.2, 0.25) is 0 Å². The van der Waals surface area contributed by atoms with E-state index < -0.39 is 6.10 Å². The molecule has 2 rings (SSSR count). The normalized spacial score (nSPS) is 11.4. The number of halogens is 1. The highest BCUT2D eigenvalue weighted by atomic mass is 79.9. The molecule has 0 heterocycles. The molecule has 0 spiro atoms. The number of rotatable bonds is 8. The van der Waals surface area contributed by atoms with E-state index in [1.165, 1.54) is 7.11 Å². The van der Waals surface area contributed by atoms with Crippen molar-refractivity contribution in [2.45, 2.75) is 19.6 Å². The molecule has 0 saturated heterocycles. The predicted octanol–water partition coefficient (Wildman–Crippen LogP) is 3.56. The molecule has 140 valence electrons. The van der Waals surface area contributed by atoms with E-state index in [0.717, 1.165) is 10.0 Å². The van der Waals surface area contributed by atoms with Gasteiger partial charge in [-0.15, -0.1) is 0 Å². The van der Waals surface area contributed by atoms with Crippen LogP contribution in [-0.4, -0.2) is 33.3 Å². The van der Waals surface area contributed by atoms with Gasteiger partial charge in [-0.1, -0.05) is 15.9 Å². The Morgan fingerprint density at radius 3 is 2.23 bits per heavy atom. The lowest BCUT2D eigenvalue weighted by atomic mass is 10.1. The molecule has 0 aromatic heterocycles. The molecule has 0 fully saturated rings. The quantitative estimate of drug-likeness (QED) is 0.702. The van der Waals surface area contributed by atoms with Crippen molar-refractivity contribution in [2.24, 2.45) is 0 Å². The molecule has 0 radical (unpaired) electrons. The minimum absolute atomic E-state index is 0.232. The first kappa shape index (κ1) is 19.9. The maximum absolute atomic E-state index is 12.3. The second-order valence-corrected chi connectivity index (χ2v) is 6.34. The average Bonchev–Trinajstić information content (AvgIpc) is 2.66. The van der Waals surface area contributed by atoms with Crippen LogP contribution in [-0.2, 0) is 11.3 Å². The second-order valence-electron chi connectivity index (χ2n) is 5.43. The Bertz CT molecular complexity index is 748. The number of hydrogen-bond acceptors (Lipinski definition) is 5. The molecule has 26 heavy (non-hydrogen) atoms. The van der Waals surface area contributed by atoms with Crippen LogP contribution in [0.15, 0.2) is 40.9 Å². The van der Waals surface area contributed by atoms with Gasteiger partial charge in [-0.25, -0.2) is 0 Å². The zero-order chi connectivity index (χ0) is 19.1. The topological polar surface area (TPSA) is 66.0 Å². The van der Waals surface area contributed by atoms with Crippen LogP contribution >= 0.6 is 15.9 Å². The van der Waals surface area contributed by atoms with Crippen LogP contribution in [0, 0.1) is 0 Å². The molecule has 1 amide bonds. The number of nitrogens with one attached hydrogen (secondary N) is 1. The van der Waals surface area contributed by atoms with Crippen molar-refractivity contribution >= 4 is 21.8 Å². The SMILES string of the molecule is COc1ccc(CNC(=O)C(C)Oc2ccc(Br)cc2)c(OC)c1OC. The predicted molar refractivity (Wildman–Crippen MR) is 102 cm³/mol. The summed E-state index contributed by atoms with van der Waals surface area (Å²) in [6, 6.07) is 10.9. The van der Waals surface area contributed by atoms with E-state index in [4.69, 9.17) is 18.9 Å². The van der Waals surface area contributed by atoms with Crippen LogP contribution in [0.3, 0.4) is 0 Å². The number of benzene rings is 2. The molecule has 0 saturated carbocycles. The van der Waals surface area contributed by atoms with E-state index in [-0.39, 0.29) is 12.5 Å². The molecule has 0 aliphatic heterocycles. The van der Waals surface area contributed by atoms with Gasteiger partial charge in [0.15, 0.2) is 17.6 Å². The van der Waals surface area contributed by atoms with Crippen molar-refractivity contribution in [3.8, 4) is 23.0 Å². The highest BCUT2D eigenvalue weighted by Crippen LogP contribution is 2.39. The number of carbonyl (C=O) groups is 1. The number of ether oxygens (including phenoxy) is 4. The summed E-state index contributed by atoms with van der Waals surface area (Å²) in [5.74, 6) is 1.96. The van der Waals surface area contributed by atoms with Crippen molar-refractivity contribution in [3.05, 3.63) is 46.4 Å². The van der Waals surface area contributed by atoms with Crippen molar-refractivity contribution in [1.29, 1.82) is 0 Å². The largest absolute Gasteiger partial charge is 0.493 e. The lowest BCUT2D eigenvalue weighted by Gasteiger charge is -2.18. The maximum atomic E-state index is 12.3. The Labute approximate surface area is 161 Å². The summed E-state index contributed by atoms with van der Waals surface area (Å²) in [6.07, 6.45) is -0.637. The Kier molecular flexibility index (Phi) is 7.15. The van der Waals surface area contributed by atoms with Crippen molar-refractivity contribution < 1.29 is 23.7 Å². The monoisotopic (exact) mass is 423 g/mol. The minimum Gasteiger partial charge on any atom is -0.493 e. The first-order chi connectivity index (χ1) is 12.5. The molecule has 7 heteroatoms. The third kappa shape index (κ3) is 4.82. The van der Waals surface area contributed by atoms with Crippen molar-refractivity contribution in [2.75, 3.05) is 21.3 Å². The first-order valence-corrected chi connectivity index (χ1v) is 8.77. The van der Waals surface area contributed by atoms with E-state index in [0.29, 0.717) is 23.0 Å². The minimum atomic E-state index is -0.637. The molecular weight excluding hydrogens is 402 g/mol. The Morgan fingerprint density at radius 1 is 1.00 bits per heavy atom. The summed E-state index contributed by atoms with van der Waals surface area (Å²) in [5.41, 5.74) is 0.773. The van der Waals surface area contributed by atoms with Gasteiger partial charge in [0.05, 0.1) is 21.3 Å². The number of amides is 1. The van der Waals surface area contributed by atoms with Crippen LogP contribution in [0.5, 0.6) is 23.0 Å².